The van der Waals surface area contributed by atoms with E-state index in [4.69, 9.17) is 14.2 Å². The molecule has 37 heavy (non-hydrogen) atoms. The molecule has 0 saturated carbocycles. The van der Waals surface area contributed by atoms with Gasteiger partial charge in [-0.3, -0.25) is 4.57 Å². The Balaban J connectivity index is 2.29. The summed E-state index contributed by atoms with van der Waals surface area (Å²) in [4.78, 5) is 48.0. The number of ether oxygens (including phenoxy) is 3. The molecule has 0 aliphatic rings. The van der Waals surface area contributed by atoms with Gasteiger partial charge in [0, 0.05) is 18.9 Å². The molecule has 2 amide bonds. The van der Waals surface area contributed by atoms with E-state index >= 15 is 0 Å². The monoisotopic (exact) mass is 514 g/mol. The maximum absolute atomic E-state index is 12.9. The van der Waals surface area contributed by atoms with Crippen molar-refractivity contribution in [3.63, 3.8) is 0 Å². The summed E-state index contributed by atoms with van der Waals surface area (Å²) < 4.78 is 17.6. The number of aromatic nitrogens is 3. The third kappa shape index (κ3) is 9.36. The van der Waals surface area contributed by atoms with E-state index < -0.39 is 29.4 Å². The summed E-state index contributed by atoms with van der Waals surface area (Å²) in [6.07, 6.45) is 6.07. The van der Waals surface area contributed by atoms with E-state index in [0.29, 0.717) is 24.4 Å². The molecule has 2 rings (SSSR count). The van der Waals surface area contributed by atoms with Gasteiger partial charge < -0.3 is 14.2 Å². The summed E-state index contributed by atoms with van der Waals surface area (Å²) in [6, 6.07) is 5.48. The molecule has 2 heterocycles. The van der Waals surface area contributed by atoms with E-state index in [2.05, 4.69) is 9.97 Å². The predicted octanol–water partition coefficient (Wildman–Crippen LogP) is 5.41. The summed E-state index contributed by atoms with van der Waals surface area (Å²) in [7, 11) is 1.30. The number of rotatable bonds is 8. The molecule has 0 aliphatic heterocycles. The maximum Gasteiger partial charge on any atom is 0.419 e. The summed E-state index contributed by atoms with van der Waals surface area (Å²) in [5.74, 6) is -0.0721. The lowest BCUT2D eigenvalue weighted by molar-refractivity contribution is -0.133. The molecule has 0 spiro atoms. The molecule has 2 aromatic heterocycles. The molecule has 2 aromatic rings. The fourth-order valence-electron chi connectivity index (χ4n) is 3.27. The first-order valence-corrected chi connectivity index (χ1v) is 12.2. The van der Waals surface area contributed by atoms with Gasteiger partial charge in [0.05, 0.1) is 18.4 Å². The second-order valence-electron chi connectivity index (χ2n) is 10.5. The second-order valence-corrected chi connectivity index (χ2v) is 10.5. The van der Waals surface area contributed by atoms with Gasteiger partial charge >= 0.3 is 18.2 Å². The Morgan fingerprint density at radius 2 is 1.65 bits per heavy atom. The van der Waals surface area contributed by atoms with Gasteiger partial charge in [0.1, 0.15) is 23.3 Å². The third-order valence-electron chi connectivity index (χ3n) is 5.08. The molecule has 0 N–H and O–H groups in total. The highest BCUT2D eigenvalue weighted by Gasteiger charge is 2.32. The van der Waals surface area contributed by atoms with Crippen molar-refractivity contribution >= 4 is 23.7 Å². The summed E-state index contributed by atoms with van der Waals surface area (Å²) in [5, 5.41) is 0. The Kier molecular flexibility index (Phi) is 9.99. The molecule has 202 valence electrons. The number of allylic oxidation sites excluding steroid dienone is 1. The number of imide groups is 1. The van der Waals surface area contributed by atoms with Crippen LogP contribution in [0.2, 0.25) is 0 Å². The summed E-state index contributed by atoms with van der Waals surface area (Å²) in [6.45, 7) is 12.4. The Morgan fingerprint density at radius 3 is 2.14 bits per heavy atom. The minimum Gasteiger partial charge on any atom is -0.465 e. The maximum atomic E-state index is 12.9. The number of imidazole rings is 1. The molecule has 0 radical (unpaired) electrons. The first-order valence-electron chi connectivity index (χ1n) is 12.2. The van der Waals surface area contributed by atoms with Crippen LogP contribution in [0.5, 0.6) is 0 Å². The molecule has 0 aliphatic carbocycles. The van der Waals surface area contributed by atoms with Crippen LogP contribution >= 0.6 is 0 Å². The zero-order valence-corrected chi connectivity index (χ0v) is 23.0. The zero-order valence-electron chi connectivity index (χ0n) is 23.0. The van der Waals surface area contributed by atoms with E-state index in [1.54, 1.807) is 70.9 Å². The molecule has 0 saturated heterocycles. The predicted molar refractivity (Wildman–Crippen MR) is 139 cm³/mol. The Morgan fingerprint density at radius 1 is 1.03 bits per heavy atom. The lowest BCUT2D eigenvalue weighted by Gasteiger charge is -2.30. The van der Waals surface area contributed by atoms with E-state index in [-0.39, 0.29) is 18.0 Å². The molecule has 1 unspecified atom stereocenters. The minimum atomic E-state index is -0.788. The van der Waals surface area contributed by atoms with Crippen molar-refractivity contribution in [3.05, 3.63) is 48.7 Å². The number of methoxy groups -OCH3 is 1. The van der Waals surface area contributed by atoms with Crippen molar-refractivity contribution in [1.29, 1.82) is 0 Å². The lowest BCUT2D eigenvalue weighted by atomic mass is 9.99. The Labute approximate surface area is 218 Å². The number of esters is 1. The second kappa shape index (κ2) is 12.5. The van der Waals surface area contributed by atoms with Crippen LogP contribution in [-0.4, -0.2) is 62.4 Å². The third-order valence-corrected chi connectivity index (χ3v) is 5.08. The van der Waals surface area contributed by atoms with Gasteiger partial charge in [0.15, 0.2) is 0 Å². The van der Waals surface area contributed by atoms with E-state index in [9.17, 15) is 14.4 Å². The number of hydrogen-bond acceptors (Lipinski definition) is 8. The van der Waals surface area contributed by atoms with Crippen LogP contribution in [0.4, 0.5) is 9.59 Å². The molecule has 0 aromatic carbocycles. The Hall–Kier alpha value is -3.69. The van der Waals surface area contributed by atoms with Gasteiger partial charge in [-0.05, 0) is 66.0 Å². The topological polar surface area (TPSA) is 113 Å². The average molecular weight is 515 g/mol. The van der Waals surface area contributed by atoms with Crippen LogP contribution in [0.1, 0.15) is 67.0 Å². The fourth-order valence-corrected chi connectivity index (χ4v) is 3.27. The fraction of sp³-hybridized carbons (Fsp3) is 0.519. The largest absolute Gasteiger partial charge is 0.465 e. The smallest absolute Gasteiger partial charge is 0.419 e. The van der Waals surface area contributed by atoms with Gasteiger partial charge in [-0.1, -0.05) is 25.5 Å². The van der Waals surface area contributed by atoms with Crippen molar-refractivity contribution < 1.29 is 28.6 Å². The SMILES string of the molecule is CCC(C/C=C(\C(=O)OC)c1cn(-c2ccccn2)cn1)CN(C(=O)OC(C)(C)C)C(=O)OC(C)(C)C. The highest BCUT2D eigenvalue weighted by Crippen LogP contribution is 2.22. The molecule has 10 nitrogen and oxygen atoms in total. The number of amides is 2. The van der Waals surface area contributed by atoms with Crippen LogP contribution in [0.15, 0.2) is 43.0 Å². The number of nitrogens with zero attached hydrogens (tertiary/aromatic N) is 4. The molecule has 10 heteroatoms. The van der Waals surface area contributed by atoms with Crippen LogP contribution in [-0.2, 0) is 19.0 Å². The van der Waals surface area contributed by atoms with Crippen LogP contribution in [0, 0.1) is 5.92 Å². The van der Waals surface area contributed by atoms with Gasteiger partial charge in [0.25, 0.3) is 0 Å². The molecular weight excluding hydrogens is 476 g/mol. The van der Waals surface area contributed by atoms with Gasteiger partial charge in [-0.15, -0.1) is 0 Å². The Bertz CT molecular complexity index is 1070. The summed E-state index contributed by atoms with van der Waals surface area (Å²) >= 11 is 0. The van der Waals surface area contributed by atoms with Crippen LogP contribution in [0.25, 0.3) is 11.4 Å². The van der Waals surface area contributed by atoms with Gasteiger partial charge in [0.2, 0.25) is 0 Å². The van der Waals surface area contributed by atoms with Crippen LogP contribution in [0.3, 0.4) is 0 Å². The van der Waals surface area contributed by atoms with E-state index in [1.807, 2.05) is 25.1 Å². The van der Waals surface area contributed by atoms with Crippen molar-refractivity contribution in [3.8, 4) is 5.82 Å². The highest BCUT2D eigenvalue weighted by molar-refractivity contribution is 6.15. The normalized spacial score (nSPS) is 13.0. The van der Waals surface area contributed by atoms with Gasteiger partial charge in [-0.2, -0.15) is 0 Å². The zero-order chi connectivity index (χ0) is 27.8. The van der Waals surface area contributed by atoms with E-state index in [1.165, 1.54) is 7.11 Å². The molecule has 0 bridgehead atoms. The quantitative estimate of drug-likeness (QED) is 0.261. The van der Waals surface area contributed by atoms with Crippen molar-refractivity contribution in [1.82, 2.24) is 19.4 Å². The molecular formula is C27H38N4O6. The average Bonchev–Trinajstić information content (AvgIpc) is 3.29. The molecule has 1 atom stereocenters. The van der Waals surface area contributed by atoms with E-state index in [0.717, 1.165) is 4.90 Å². The minimum absolute atomic E-state index is 0.0493. The standard InChI is InChI=1S/C27H38N4O6/c1-9-19(16-31(24(33)36-26(2,3)4)25(34)37-27(5,6)7)13-14-20(23(32)35-8)21-17-30(18-29-21)22-12-10-11-15-28-22/h10-12,14-15,17-19H,9,13,16H2,1-8H3/b20-14-. The van der Waals surface area contributed by atoms with Crippen molar-refractivity contribution in [2.45, 2.75) is 72.5 Å². The van der Waals surface area contributed by atoms with Gasteiger partial charge in [-0.25, -0.2) is 29.3 Å². The summed E-state index contributed by atoms with van der Waals surface area (Å²) in [5.41, 5.74) is -0.882. The van der Waals surface area contributed by atoms with Crippen LogP contribution < -0.4 is 0 Å². The number of carbonyl (C=O) groups excluding carboxylic acids is 3. The molecule has 0 fully saturated rings. The first kappa shape index (κ1) is 29.5. The number of hydrogen-bond donors (Lipinski definition) is 0. The lowest BCUT2D eigenvalue weighted by Crippen LogP contribution is -2.45. The first-order chi connectivity index (χ1) is 17.2. The number of carbonyl (C=O) groups is 3. The highest BCUT2D eigenvalue weighted by atomic mass is 16.6. The van der Waals surface area contributed by atoms with Crippen molar-refractivity contribution in [2.24, 2.45) is 5.92 Å². The number of pyridine rings is 1. The van der Waals surface area contributed by atoms with Crippen molar-refractivity contribution in [2.75, 3.05) is 13.7 Å².